The minimum atomic E-state index is 0.574. The van der Waals surface area contributed by atoms with Crippen molar-refractivity contribution in [2.75, 3.05) is 7.05 Å². The maximum atomic E-state index is 4.77. The quantitative estimate of drug-likeness (QED) is 0.889. The van der Waals surface area contributed by atoms with Crippen LogP contribution < -0.4 is 5.32 Å². The SMILES string of the molecule is CCCc1cc(C)nc(C2CCC(NC)CC2)n1. The standard InChI is InChI=1S/C15H25N3/c1-4-5-14-10-11(2)17-15(18-14)12-6-8-13(16-3)9-7-12/h10,12-13,16H,4-9H2,1-3H3. The van der Waals surface area contributed by atoms with E-state index >= 15 is 0 Å². The summed E-state index contributed by atoms with van der Waals surface area (Å²) in [6, 6.07) is 2.83. The lowest BCUT2D eigenvalue weighted by Gasteiger charge is -2.27. The Balaban J connectivity index is 2.08. The van der Waals surface area contributed by atoms with Crippen LogP contribution in [0.1, 0.15) is 62.2 Å². The Morgan fingerprint density at radius 1 is 1.22 bits per heavy atom. The Kier molecular flexibility index (Phi) is 4.70. The van der Waals surface area contributed by atoms with E-state index < -0.39 is 0 Å². The number of hydrogen-bond donors (Lipinski definition) is 1. The van der Waals surface area contributed by atoms with Crippen molar-refractivity contribution in [1.29, 1.82) is 0 Å². The lowest BCUT2D eigenvalue weighted by molar-refractivity contribution is 0.350. The summed E-state index contributed by atoms with van der Waals surface area (Å²) in [7, 11) is 2.06. The molecule has 1 N–H and O–H groups in total. The molecule has 1 aliphatic rings. The molecule has 1 aliphatic carbocycles. The Labute approximate surface area is 110 Å². The molecule has 1 aromatic heterocycles. The second kappa shape index (κ2) is 6.28. The molecule has 0 unspecified atom stereocenters. The van der Waals surface area contributed by atoms with Gasteiger partial charge in [0.25, 0.3) is 0 Å². The van der Waals surface area contributed by atoms with Gasteiger partial charge in [-0.3, -0.25) is 0 Å². The van der Waals surface area contributed by atoms with Crippen LogP contribution >= 0.6 is 0 Å². The maximum absolute atomic E-state index is 4.77. The van der Waals surface area contributed by atoms with Crippen LogP contribution in [0.4, 0.5) is 0 Å². The lowest BCUT2D eigenvalue weighted by Crippen LogP contribution is -2.30. The van der Waals surface area contributed by atoms with Gasteiger partial charge in [0.1, 0.15) is 5.82 Å². The molecular formula is C15H25N3. The molecule has 3 heteroatoms. The van der Waals surface area contributed by atoms with Crippen molar-refractivity contribution in [3.8, 4) is 0 Å². The Morgan fingerprint density at radius 3 is 2.56 bits per heavy atom. The highest BCUT2D eigenvalue weighted by Gasteiger charge is 2.23. The molecule has 0 aromatic carbocycles. The van der Waals surface area contributed by atoms with Crippen molar-refractivity contribution in [3.63, 3.8) is 0 Å². The van der Waals surface area contributed by atoms with Gasteiger partial charge in [-0.25, -0.2) is 9.97 Å². The first-order chi connectivity index (χ1) is 8.72. The molecular weight excluding hydrogens is 222 g/mol. The van der Waals surface area contributed by atoms with E-state index in [4.69, 9.17) is 4.98 Å². The smallest absolute Gasteiger partial charge is 0.131 e. The Bertz CT molecular complexity index is 381. The average Bonchev–Trinajstić information content (AvgIpc) is 2.38. The molecule has 0 amide bonds. The molecule has 1 saturated carbocycles. The second-order valence-corrected chi connectivity index (χ2v) is 5.45. The molecule has 18 heavy (non-hydrogen) atoms. The first kappa shape index (κ1) is 13.5. The summed E-state index contributed by atoms with van der Waals surface area (Å²) < 4.78 is 0. The van der Waals surface area contributed by atoms with Gasteiger partial charge >= 0.3 is 0 Å². The van der Waals surface area contributed by atoms with Crippen LogP contribution in [0.2, 0.25) is 0 Å². The van der Waals surface area contributed by atoms with Gasteiger partial charge in [-0.05, 0) is 52.1 Å². The van der Waals surface area contributed by atoms with Gasteiger partial charge in [-0.2, -0.15) is 0 Å². The first-order valence-corrected chi connectivity index (χ1v) is 7.24. The van der Waals surface area contributed by atoms with Gasteiger partial charge in [0, 0.05) is 23.3 Å². The van der Waals surface area contributed by atoms with E-state index in [1.165, 1.54) is 31.4 Å². The number of nitrogens with zero attached hydrogens (tertiary/aromatic N) is 2. The van der Waals surface area contributed by atoms with Crippen molar-refractivity contribution in [1.82, 2.24) is 15.3 Å². The monoisotopic (exact) mass is 247 g/mol. The van der Waals surface area contributed by atoms with Crippen molar-refractivity contribution in [3.05, 3.63) is 23.3 Å². The van der Waals surface area contributed by atoms with E-state index in [1.807, 2.05) is 0 Å². The van der Waals surface area contributed by atoms with Crippen LogP contribution in [0, 0.1) is 6.92 Å². The zero-order valence-corrected chi connectivity index (χ0v) is 11.9. The van der Waals surface area contributed by atoms with E-state index in [9.17, 15) is 0 Å². The van der Waals surface area contributed by atoms with Crippen LogP contribution in [0.15, 0.2) is 6.07 Å². The van der Waals surface area contributed by atoms with Crippen molar-refractivity contribution in [2.24, 2.45) is 0 Å². The van der Waals surface area contributed by atoms with Crippen LogP contribution in [-0.2, 0) is 6.42 Å². The maximum Gasteiger partial charge on any atom is 0.131 e. The van der Waals surface area contributed by atoms with Gasteiger partial charge in [0.2, 0.25) is 0 Å². The Morgan fingerprint density at radius 2 is 1.94 bits per heavy atom. The lowest BCUT2D eigenvalue weighted by atomic mass is 9.85. The number of aryl methyl sites for hydroxylation is 2. The molecule has 0 radical (unpaired) electrons. The van der Waals surface area contributed by atoms with Gasteiger partial charge in [0.15, 0.2) is 0 Å². The predicted octanol–water partition coefficient (Wildman–Crippen LogP) is 2.98. The van der Waals surface area contributed by atoms with Gasteiger partial charge in [-0.1, -0.05) is 13.3 Å². The summed E-state index contributed by atoms with van der Waals surface area (Å²) in [6.45, 7) is 4.29. The minimum Gasteiger partial charge on any atom is -0.317 e. The minimum absolute atomic E-state index is 0.574. The van der Waals surface area contributed by atoms with Crippen LogP contribution in [0.5, 0.6) is 0 Å². The van der Waals surface area contributed by atoms with E-state index in [1.54, 1.807) is 0 Å². The van der Waals surface area contributed by atoms with E-state index in [0.29, 0.717) is 12.0 Å². The highest BCUT2D eigenvalue weighted by Crippen LogP contribution is 2.31. The molecule has 0 saturated heterocycles. The average molecular weight is 247 g/mol. The molecule has 1 fully saturated rings. The second-order valence-electron chi connectivity index (χ2n) is 5.45. The third-order valence-electron chi connectivity index (χ3n) is 3.93. The van der Waals surface area contributed by atoms with E-state index in [2.05, 4.69) is 37.3 Å². The third-order valence-corrected chi connectivity index (χ3v) is 3.93. The summed E-state index contributed by atoms with van der Waals surface area (Å²) in [6.07, 6.45) is 7.18. The van der Waals surface area contributed by atoms with Crippen molar-refractivity contribution >= 4 is 0 Å². The van der Waals surface area contributed by atoms with Crippen molar-refractivity contribution in [2.45, 2.75) is 64.3 Å². The summed E-state index contributed by atoms with van der Waals surface area (Å²) in [5, 5.41) is 3.38. The number of hydrogen-bond acceptors (Lipinski definition) is 3. The number of nitrogens with one attached hydrogen (secondary N) is 1. The predicted molar refractivity (Wildman–Crippen MR) is 74.8 cm³/mol. The fraction of sp³-hybridized carbons (Fsp3) is 0.733. The fourth-order valence-electron chi connectivity index (χ4n) is 2.87. The Hall–Kier alpha value is -0.960. The topological polar surface area (TPSA) is 37.8 Å². The summed E-state index contributed by atoms with van der Waals surface area (Å²) in [4.78, 5) is 9.43. The van der Waals surface area contributed by atoms with E-state index in [-0.39, 0.29) is 0 Å². The van der Waals surface area contributed by atoms with Gasteiger partial charge in [0.05, 0.1) is 0 Å². The third kappa shape index (κ3) is 3.29. The molecule has 0 spiro atoms. The van der Waals surface area contributed by atoms with Crippen LogP contribution in [0.25, 0.3) is 0 Å². The zero-order valence-electron chi connectivity index (χ0n) is 11.9. The molecule has 1 heterocycles. The molecule has 0 bridgehead atoms. The highest BCUT2D eigenvalue weighted by atomic mass is 14.9. The molecule has 100 valence electrons. The summed E-state index contributed by atoms with van der Waals surface area (Å²) >= 11 is 0. The molecule has 0 atom stereocenters. The highest BCUT2D eigenvalue weighted by molar-refractivity contribution is 5.13. The molecule has 3 nitrogen and oxygen atoms in total. The van der Waals surface area contributed by atoms with Crippen molar-refractivity contribution < 1.29 is 0 Å². The molecule has 1 aromatic rings. The van der Waals surface area contributed by atoms with Crippen LogP contribution in [-0.4, -0.2) is 23.1 Å². The largest absolute Gasteiger partial charge is 0.317 e. The van der Waals surface area contributed by atoms with E-state index in [0.717, 1.165) is 24.4 Å². The first-order valence-electron chi connectivity index (χ1n) is 7.24. The summed E-state index contributed by atoms with van der Waals surface area (Å²) in [5.41, 5.74) is 2.34. The summed E-state index contributed by atoms with van der Waals surface area (Å²) in [5.74, 6) is 1.66. The molecule has 0 aliphatic heterocycles. The van der Waals surface area contributed by atoms with Crippen LogP contribution in [0.3, 0.4) is 0 Å². The number of aromatic nitrogens is 2. The molecule has 2 rings (SSSR count). The zero-order chi connectivity index (χ0) is 13.0. The van der Waals surface area contributed by atoms with Gasteiger partial charge < -0.3 is 5.32 Å². The van der Waals surface area contributed by atoms with Gasteiger partial charge in [-0.15, -0.1) is 0 Å². The fourth-order valence-corrected chi connectivity index (χ4v) is 2.87. The normalized spacial score (nSPS) is 24.2. The number of rotatable bonds is 4.